The Hall–Kier alpha value is -3.11. The van der Waals surface area contributed by atoms with E-state index in [0.29, 0.717) is 22.6 Å². The molecule has 0 atom stereocenters. The average molecular weight is 433 g/mol. The van der Waals surface area contributed by atoms with Gasteiger partial charge in [0.05, 0.1) is 29.1 Å². The molecule has 4 rings (SSSR count). The predicted molar refractivity (Wildman–Crippen MR) is 123 cm³/mol. The Balaban J connectivity index is 1.63. The molecule has 0 radical (unpaired) electrons. The molecule has 1 amide bonds. The molecule has 1 aliphatic rings. The highest BCUT2D eigenvalue weighted by Gasteiger charge is 2.24. The van der Waals surface area contributed by atoms with Gasteiger partial charge in [0.1, 0.15) is 0 Å². The predicted octanol–water partition coefficient (Wildman–Crippen LogP) is 4.55. The van der Waals surface area contributed by atoms with Gasteiger partial charge in [-0.2, -0.15) is 5.26 Å². The molecule has 0 aliphatic heterocycles. The minimum atomic E-state index is -0.105. The molecule has 0 bridgehead atoms. The third kappa shape index (κ3) is 4.64. The number of nitrogens with zero attached hydrogens (tertiary/aromatic N) is 4. The van der Waals surface area contributed by atoms with Crippen LogP contribution in [-0.2, 0) is 4.79 Å². The molecular formula is C24H24N4O2S. The minimum Gasteiger partial charge on any atom is -0.311 e. The van der Waals surface area contributed by atoms with Crippen molar-refractivity contribution in [3.63, 3.8) is 0 Å². The lowest BCUT2D eigenvalue weighted by molar-refractivity contribution is -0.116. The molecule has 0 unspecified atom stereocenters. The zero-order chi connectivity index (χ0) is 21.6. The topological polar surface area (TPSA) is 79.0 Å². The standard InChI is InChI=1S/C24H24N4O2S/c25-15-8-16-27(18-9-2-1-3-10-18)22(29)17-31-24-26-21-14-7-6-13-20(21)23(30)28(24)19-11-4-5-12-19/h1-3,6-7,9-10,13-14,19H,4-5,8,11-12,16-17H2. The second-order valence-electron chi connectivity index (χ2n) is 7.60. The van der Waals surface area contributed by atoms with Crippen LogP contribution in [0.2, 0.25) is 0 Å². The Morgan fingerprint density at radius 2 is 1.84 bits per heavy atom. The first-order valence-corrected chi connectivity index (χ1v) is 11.5. The number of hydrogen-bond donors (Lipinski definition) is 0. The van der Waals surface area contributed by atoms with Gasteiger partial charge in [-0.05, 0) is 37.1 Å². The summed E-state index contributed by atoms with van der Waals surface area (Å²) >= 11 is 1.31. The molecule has 3 aromatic rings. The van der Waals surface area contributed by atoms with E-state index in [0.717, 1.165) is 31.4 Å². The molecule has 1 saturated carbocycles. The molecule has 31 heavy (non-hydrogen) atoms. The van der Waals surface area contributed by atoms with Gasteiger partial charge in [-0.1, -0.05) is 54.9 Å². The van der Waals surface area contributed by atoms with Crippen LogP contribution in [0.1, 0.15) is 38.1 Å². The summed E-state index contributed by atoms with van der Waals surface area (Å²) in [5, 5.41) is 10.2. The average Bonchev–Trinajstić information content (AvgIpc) is 3.33. The van der Waals surface area contributed by atoms with Crippen LogP contribution in [0.5, 0.6) is 0 Å². The highest BCUT2D eigenvalue weighted by atomic mass is 32.2. The number of thioether (sulfide) groups is 1. The van der Waals surface area contributed by atoms with Crippen LogP contribution in [-0.4, -0.2) is 27.8 Å². The van der Waals surface area contributed by atoms with Crippen LogP contribution in [0.4, 0.5) is 5.69 Å². The molecule has 158 valence electrons. The quantitative estimate of drug-likeness (QED) is 0.404. The van der Waals surface area contributed by atoms with Gasteiger partial charge < -0.3 is 4.90 Å². The summed E-state index contributed by atoms with van der Waals surface area (Å²) in [6.07, 6.45) is 4.37. The molecule has 1 fully saturated rings. The van der Waals surface area contributed by atoms with Crippen LogP contribution in [0.15, 0.2) is 64.5 Å². The minimum absolute atomic E-state index is 0.0307. The number of carbonyl (C=O) groups is 1. The van der Waals surface area contributed by atoms with Crippen molar-refractivity contribution < 1.29 is 4.79 Å². The monoisotopic (exact) mass is 432 g/mol. The Kier molecular flexibility index (Phi) is 6.68. The number of carbonyl (C=O) groups excluding carboxylic acids is 1. The summed E-state index contributed by atoms with van der Waals surface area (Å²) in [6.45, 7) is 0.334. The summed E-state index contributed by atoms with van der Waals surface area (Å²) in [7, 11) is 0. The van der Waals surface area contributed by atoms with Gasteiger partial charge in [-0.3, -0.25) is 14.2 Å². The molecule has 1 heterocycles. The third-order valence-electron chi connectivity index (χ3n) is 5.61. The zero-order valence-electron chi connectivity index (χ0n) is 17.2. The lowest BCUT2D eigenvalue weighted by Gasteiger charge is -2.22. The van der Waals surface area contributed by atoms with Crippen molar-refractivity contribution in [2.24, 2.45) is 0 Å². The smallest absolute Gasteiger partial charge is 0.262 e. The van der Waals surface area contributed by atoms with E-state index in [4.69, 9.17) is 10.2 Å². The van der Waals surface area contributed by atoms with Crippen molar-refractivity contribution in [3.05, 3.63) is 65.0 Å². The number of hydrogen-bond acceptors (Lipinski definition) is 5. The van der Waals surface area contributed by atoms with Crippen LogP contribution in [0.25, 0.3) is 10.9 Å². The number of anilines is 1. The van der Waals surface area contributed by atoms with Crippen molar-refractivity contribution in [2.75, 3.05) is 17.2 Å². The van der Waals surface area contributed by atoms with Gasteiger partial charge >= 0.3 is 0 Å². The van der Waals surface area contributed by atoms with E-state index in [1.807, 2.05) is 54.6 Å². The molecule has 0 spiro atoms. The summed E-state index contributed by atoms with van der Waals surface area (Å²) in [6, 6.07) is 19.0. The van der Waals surface area contributed by atoms with E-state index >= 15 is 0 Å². The van der Waals surface area contributed by atoms with Crippen molar-refractivity contribution in [1.29, 1.82) is 5.26 Å². The number of para-hydroxylation sites is 2. The third-order valence-corrected chi connectivity index (χ3v) is 6.54. The van der Waals surface area contributed by atoms with Crippen LogP contribution < -0.4 is 10.5 Å². The summed E-state index contributed by atoms with van der Waals surface area (Å²) in [5.74, 6) is 0.0458. The maximum Gasteiger partial charge on any atom is 0.262 e. The first-order valence-electron chi connectivity index (χ1n) is 10.6. The van der Waals surface area contributed by atoms with E-state index in [1.54, 1.807) is 9.47 Å². The number of rotatable bonds is 7. The van der Waals surface area contributed by atoms with Gasteiger partial charge in [-0.15, -0.1) is 0 Å². The first-order chi connectivity index (χ1) is 15.2. The molecule has 6 nitrogen and oxygen atoms in total. The number of amides is 1. The molecule has 2 aromatic carbocycles. The molecule has 1 aliphatic carbocycles. The number of nitriles is 1. The van der Waals surface area contributed by atoms with Gasteiger partial charge in [0.2, 0.25) is 5.91 Å². The Labute approximate surface area is 185 Å². The van der Waals surface area contributed by atoms with Crippen LogP contribution in [0.3, 0.4) is 0 Å². The number of fused-ring (bicyclic) bond motifs is 1. The Bertz CT molecular complexity index is 1160. The van der Waals surface area contributed by atoms with Crippen molar-refractivity contribution in [1.82, 2.24) is 9.55 Å². The second-order valence-corrected chi connectivity index (χ2v) is 8.55. The van der Waals surface area contributed by atoms with Crippen molar-refractivity contribution >= 4 is 34.3 Å². The Morgan fingerprint density at radius 3 is 2.58 bits per heavy atom. The van der Waals surface area contributed by atoms with E-state index in [2.05, 4.69) is 6.07 Å². The highest BCUT2D eigenvalue weighted by Crippen LogP contribution is 2.32. The van der Waals surface area contributed by atoms with Crippen LogP contribution in [0, 0.1) is 11.3 Å². The van der Waals surface area contributed by atoms with Crippen molar-refractivity contribution in [2.45, 2.75) is 43.3 Å². The highest BCUT2D eigenvalue weighted by molar-refractivity contribution is 7.99. The fourth-order valence-corrected chi connectivity index (χ4v) is 5.03. The van der Waals surface area contributed by atoms with E-state index in [-0.39, 0.29) is 29.7 Å². The van der Waals surface area contributed by atoms with Gasteiger partial charge in [-0.25, -0.2) is 4.98 Å². The summed E-state index contributed by atoms with van der Waals surface area (Å²) < 4.78 is 1.80. The zero-order valence-corrected chi connectivity index (χ0v) is 18.1. The molecular weight excluding hydrogens is 408 g/mol. The van der Waals surface area contributed by atoms with Gasteiger partial charge in [0.25, 0.3) is 5.56 Å². The second kappa shape index (κ2) is 9.80. The maximum atomic E-state index is 13.3. The number of benzene rings is 2. The SMILES string of the molecule is N#CCCN(C(=O)CSc1nc2ccccc2c(=O)n1C1CCCC1)c1ccccc1. The summed E-state index contributed by atoms with van der Waals surface area (Å²) in [5.41, 5.74) is 1.39. The molecule has 7 heteroatoms. The fraction of sp³-hybridized carbons (Fsp3) is 0.333. The number of aromatic nitrogens is 2. The Morgan fingerprint density at radius 1 is 1.13 bits per heavy atom. The normalized spacial score (nSPS) is 13.9. The summed E-state index contributed by atoms with van der Waals surface area (Å²) in [4.78, 5) is 32.7. The van der Waals surface area contributed by atoms with Crippen LogP contribution >= 0.6 is 11.8 Å². The van der Waals surface area contributed by atoms with Gasteiger partial charge in [0.15, 0.2) is 5.16 Å². The lowest BCUT2D eigenvalue weighted by Crippen LogP contribution is -2.33. The van der Waals surface area contributed by atoms with Crippen molar-refractivity contribution in [3.8, 4) is 6.07 Å². The largest absolute Gasteiger partial charge is 0.311 e. The molecule has 0 saturated heterocycles. The maximum absolute atomic E-state index is 13.3. The van der Waals surface area contributed by atoms with E-state index in [9.17, 15) is 9.59 Å². The lowest BCUT2D eigenvalue weighted by atomic mass is 10.2. The van der Waals surface area contributed by atoms with Gasteiger partial charge in [0, 0.05) is 18.3 Å². The molecule has 1 aromatic heterocycles. The van der Waals surface area contributed by atoms with E-state index < -0.39 is 0 Å². The fourth-order valence-electron chi connectivity index (χ4n) is 4.08. The van der Waals surface area contributed by atoms with E-state index in [1.165, 1.54) is 11.8 Å². The first kappa shape index (κ1) is 21.1. The molecule has 0 N–H and O–H groups in total.